The van der Waals surface area contributed by atoms with E-state index in [0.717, 1.165) is 59.0 Å². The lowest BCUT2D eigenvalue weighted by molar-refractivity contribution is 0.0374. The molecule has 2 fully saturated rings. The van der Waals surface area contributed by atoms with E-state index in [1.54, 1.807) is 22.3 Å². The summed E-state index contributed by atoms with van der Waals surface area (Å²) >= 11 is 0. The van der Waals surface area contributed by atoms with Gasteiger partial charge in [-0.25, -0.2) is 0 Å². The lowest BCUT2D eigenvalue weighted by Crippen LogP contribution is -2.37. The van der Waals surface area contributed by atoms with E-state index in [4.69, 9.17) is 9.47 Å². The predicted octanol–water partition coefficient (Wildman–Crippen LogP) is 5.66. The first kappa shape index (κ1) is 28.3. The summed E-state index contributed by atoms with van der Waals surface area (Å²) in [6.45, 7) is 24.2. The van der Waals surface area contributed by atoms with Crippen molar-refractivity contribution in [1.82, 2.24) is 9.80 Å². The van der Waals surface area contributed by atoms with E-state index < -0.39 is 0 Å². The second-order valence-electron chi connectivity index (χ2n) is 11.5. The number of morpholine rings is 2. The first-order chi connectivity index (χ1) is 17.8. The molecule has 0 radical (unpaired) electrons. The highest BCUT2D eigenvalue weighted by Gasteiger charge is 2.18. The Morgan fingerprint density at radius 3 is 1.27 bits per heavy atom. The summed E-state index contributed by atoms with van der Waals surface area (Å²) in [7, 11) is 0. The van der Waals surface area contributed by atoms with Gasteiger partial charge in [0.05, 0.1) is 26.4 Å². The molecule has 2 aliphatic rings. The predicted molar refractivity (Wildman–Crippen MR) is 155 cm³/mol. The molecule has 0 amide bonds. The molecule has 0 atom stereocenters. The summed E-state index contributed by atoms with van der Waals surface area (Å²) in [6.07, 6.45) is 5.82. The highest BCUT2D eigenvalue weighted by atomic mass is 16.5. The number of hydrogen-bond acceptors (Lipinski definition) is 4. The largest absolute Gasteiger partial charge is 0.379 e. The minimum atomic E-state index is 0.886. The van der Waals surface area contributed by atoms with Gasteiger partial charge >= 0.3 is 0 Å². The van der Waals surface area contributed by atoms with Crippen LogP contribution in [0.15, 0.2) is 12.1 Å². The van der Waals surface area contributed by atoms with Crippen LogP contribution in [0.2, 0.25) is 0 Å². The lowest BCUT2D eigenvalue weighted by Gasteiger charge is -2.27. The molecule has 0 N–H and O–H groups in total. The summed E-state index contributed by atoms with van der Waals surface area (Å²) in [5.74, 6) is 0. The Labute approximate surface area is 226 Å². The van der Waals surface area contributed by atoms with Crippen LogP contribution < -0.4 is 0 Å². The summed E-state index contributed by atoms with van der Waals surface area (Å²) < 4.78 is 11.0. The summed E-state index contributed by atoms with van der Waals surface area (Å²) in [6, 6.07) is 4.88. The molecule has 2 saturated heterocycles. The van der Waals surface area contributed by atoms with Gasteiger partial charge in [-0.05, 0) is 142 Å². The molecule has 2 aromatic carbocycles. The SMILES string of the molecule is Cc1cc(C)c(Cc2c(C)cc(C)c(CCCN3CCOCC3)c2C)c(C)c1CCCN1CCOCC1. The third kappa shape index (κ3) is 7.23. The van der Waals surface area contributed by atoms with Crippen LogP contribution in [0.5, 0.6) is 0 Å². The van der Waals surface area contributed by atoms with E-state index in [2.05, 4.69) is 63.5 Å². The topological polar surface area (TPSA) is 24.9 Å². The Bertz CT molecular complexity index is 966. The van der Waals surface area contributed by atoms with Crippen molar-refractivity contribution in [2.75, 3.05) is 65.7 Å². The van der Waals surface area contributed by atoms with Gasteiger partial charge in [-0.2, -0.15) is 0 Å². The number of ether oxygens (including phenoxy) is 2. The number of benzene rings is 2. The molecule has 0 aliphatic carbocycles. The summed E-state index contributed by atoms with van der Waals surface area (Å²) in [4.78, 5) is 5.12. The maximum absolute atomic E-state index is 5.52. The molecule has 0 saturated carbocycles. The van der Waals surface area contributed by atoms with Crippen molar-refractivity contribution in [3.05, 3.63) is 67.8 Å². The second-order valence-corrected chi connectivity index (χ2v) is 11.5. The van der Waals surface area contributed by atoms with Crippen molar-refractivity contribution in [1.29, 1.82) is 0 Å². The summed E-state index contributed by atoms with van der Waals surface area (Å²) in [5.41, 5.74) is 15.1. The molecule has 2 aromatic rings. The standard InChI is InChI=1S/C33H50N2O2/c1-24-21-26(3)32(28(5)30(24)9-7-11-34-13-17-36-18-14-34)23-33-27(4)22-25(2)31(29(33)6)10-8-12-35-15-19-37-20-16-35/h21-22H,7-20,23H2,1-6H3. The Morgan fingerprint density at radius 2 is 0.892 bits per heavy atom. The maximum Gasteiger partial charge on any atom is 0.0594 e. The Morgan fingerprint density at radius 1 is 0.541 bits per heavy atom. The van der Waals surface area contributed by atoms with E-state index in [-0.39, 0.29) is 0 Å². The smallest absolute Gasteiger partial charge is 0.0594 e. The zero-order valence-electron chi connectivity index (χ0n) is 24.5. The second kappa shape index (κ2) is 13.4. The van der Waals surface area contributed by atoms with Crippen LogP contribution in [0.3, 0.4) is 0 Å². The van der Waals surface area contributed by atoms with Crippen molar-refractivity contribution < 1.29 is 9.47 Å². The van der Waals surface area contributed by atoms with Crippen LogP contribution >= 0.6 is 0 Å². The molecule has 37 heavy (non-hydrogen) atoms. The van der Waals surface area contributed by atoms with E-state index in [1.165, 1.54) is 72.2 Å². The van der Waals surface area contributed by atoms with Gasteiger partial charge in [-0.15, -0.1) is 0 Å². The average Bonchev–Trinajstić information content (AvgIpc) is 2.88. The molecule has 2 heterocycles. The zero-order chi connectivity index (χ0) is 26.4. The molecule has 204 valence electrons. The van der Waals surface area contributed by atoms with Crippen molar-refractivity contribution in [3.63, 3.8) is 0 Å². The monoisotopic (exact) mass is 506 g/mol. The van der Waals surface area contributed by atoms with Crippen LogP contribution in [-0.2, 0) is 28.7 Å². The quantitative estimate of drug-likeness (QED) is 0.415. The zero-order valence-corrected chi connectivity index (χ0v) is 24.5. The van der Waals surface area contributed by atoms with Gasteiger partial charge in [0.25, 0.3) is 0 Å². The molecule has 0 bridgehead atoms. The number of rotatable bonds is 10. The fraction of sp³-hybridized carbons (Fsp3) is 0.636. The molecule has 4 nitrogen and oxygen atoms in total. The third-order valence-corrected chi connectivity index (χ3v) is 8.94. The van der Waals surface area contributed by atoms with Crippen LogP contribution in [0.4, 0.5) is 0 Å². The van der Waals surface area contributed by atoms with Crippen LogP contribution in [-0.4, -0.2) is 75.5 Å². The fourth-order valence-electron chi connectivity index (χ4n) is 6.64. The Hall–Kier alpha value is -1.72. The van der Waals surface area contributed by atoms with E-state index in [1.807, 2.05) is 0 Å². The minimum absolute atomic E-state index is 0.886. The minimum Gasteiger partial charge on any atom is -0.379 e. The highest BCUT2D eigenvalue weighted by molar-refractivity contribution is 5.51. The highest BCUT2D eigenvalue weighted by Crippen LogP contribution is 2.30. The molecular weight excluding hydrogens is 456 g/mol. The first-order valence-corrected chi connectivity index (χ1v) is 14.6. The van der Waals surface area contributed by atoms with Gasteiger partial charge in [0, 0.05) is 26.2 Å². The van der Waals surface area contributed by atoms with E-state index in [0.29, 0.717) is 0 Å². The molecule has 2 aliphatic heterocycles. The van der Waals surface area contributed by atoms with Crippen molar-refractivity contribution in [3.8, 4) is 0 Å². The number of aryl methyl sites for hydroxylation is 4. The Kier molecular flexibility index (Phi) is 10.2. The van der Waals surface area contributed by atoms with Gasteiger partial charge in [0.2, 0.25) is 0 Å². The van der Waals surface area contributed by atoms with Crippen LogP contribution in [0, 0.1) is 41.5 Å². The van der Waals surface area contributed by atoms with Crippen molar-refractivity contribution in [2.45, 2.75) is 73.6 Å². The molecule has 4 heteroatoms. The number of hydrogen-bond donors (Lipinski definition) is 0. The van der Waals surface area contributed by atoms with E-state index >= 15 is 0 Å². The molecule has 0 unspecified atom stereocenters. The van der Waals surface area contributed by atoms with Gasteiger partial charge < -0.3 is 9.47 Å². The van der Waals surface area contributed by atoms with Crippen LogP contribution in [0.25, 0.3) is 0 Å². The van der Waals surface area contributed by atoms with E-state index in [9.17, 15) is 0 Å². The number of nitrogens with zero attached hydrogens (tertiary/aromatic N) is 2. The molecular formula is C33H50N2O2. The molecule has 4 rings (SSSR count). The van der Waals surface area contributed by atoms with Gasteiger partial charge in [-0.3, -0.25) is 9.80 Å². The van der Waals surface area contributed by atoms with Crippen molar-refractivity contribution in [2.24, 2.45) is 0 Å². The summed E-state index contributed by atoms with van der Waals surface area (Å²) in [5, 5.41) is 0. The third-order valence-electron chi connectivity index (χ3n) is 8.94. The average molecular weight is 507 g/mol. The first-order valence-electron chi connectivity index (χ1n) is 14.6. The molecule has 0 spiro atoms. The van der Waals surface area contributed by atoms with Gasteiger partial charge in [0.15, 0.2) is 0 Å². The Balaban J connectivity index is 1.48. The normalized spacial score (nSPS) is 17.5. The maximum atomic E-state index is 5.52. The fourth-order valence-corrected chi connectivity index (χ4v) is 6.64. The lowest BCUT2D eigenvalue weighted by atomic mass is 9.84. The van der Waals surface area contributed by atoms with Crippen LogP contribution in [0.1, 0.15) is 68.5 Å². The van der Waals surface area contributed by atoms with Gasteiger partial charge in [0.1, 0.15) is 0 Å². The van der Waals surface area contributed by atoms with Gasteiger partial charge in [-0.1, -0.05) is 12.1 Å². The van der Waals surface area contributed by atoms with Crippen molar-refractivity contribution >= 4 is 0 Å². The molecule has 0 aromatic heterocycles.